The van der Waals surface area contributed by atoms with Gasteiger partial charge < -0.3 is 34.3 Å². The Kier molecular flexibility index (Phi) is 3.06. The molecule has 12 atom stereocenters. The second-order valence-corrected chi connectivity index (χ2v) is 10.6. The van der Waals surface area contributed by atoms with Gasteiger partial charge in [0.1, 0.15) is 18.3 Å². The van der Waals surface area contributed by atoms with Crippen LogP contribution >= 0.6 is 0 Å². The van der Waals surface area contributed by atoms with Crippen LogP contribution in [0.4, 0.5) is 0 Å². The number of aliphatic hydroxyl groups is 3. The van der Waals surface area contributed by atoms with Crippen molar-refractivity contribution in [3.05, 3.63) is 0 Å². The van der Waals surface area contributed by atoms with Crippen molar-refractivity contribution in [2.75, 3.05) is 0 Å². The Morgan fingerprint density at radius 3 is 2.27 bits per heavy atom. The topological polar surface area (TPSA) is 149 Å². The van der Waals surface area contributed by atoms with Gasteiger partial charge >= 0.3 is 17.9 Å². The first-order valence-electron chi connectivity index (χ1n) is 10.2. The average Bonchev–Trinajstić information content (AvgIpc) is 3.34. The van der Waals surface area contributed by atoms with E-state index < -0.39 is 94.3 Å². The van der Waals surface area contributed by atoms with E-state index in [1.165, 1.54) is 0 Å². The molecule has 3 N–H and O–H groups in total. The Morgan fingerprint density at radius 1 is 0.967 bits per heavy atom. The monoisotopic (exact) mass is 424 g/mol. The van der Waals surface area contributed by atoms with E-state index in [2.05, 4.69) is 0 Å². The van der Waals surface area contributed by atoms with Crippen LogP contribution in [0, 0.1) is 34.0 Å². The Hall–Kier alpha value is -1.75. The van der Waals surface area contributed by atoms with E-state index >= 15 is 0 Å². The highest BCUT2D eigenvalue weighted by atomic mass is 16.7. The van der Waals surface area contributed by atoms with Gasteiger partial charge in [-0.2, -0.15) is 0 Å². The largest absolute Gasteiger partial charge is 0.459 e. The molecule has 2 spiro atoms. The number of carbonyl (C=O) groups is 3. The van der Waals surface area contributed by atoms with Gasteiger partial charge in [-0.05, 0) is 5.41 Å². The molecule has 0 radical (unpaired) electrons. The zero-order chi connectivity index (χ0) is 21.8. The molecule has 0 bridgehead atoms. The van der Waals surface area contributed by atoms with Crippen LogP contribution < -0.4 is 0 Å². The minimum Gasteiger partial charge on any atom is -0.459 e. The lowest BCUT2D eigenvalue weighted by atomic mass is 9.51. The number of hydrogen-bond acceptors (Lipinski definition) is 10. The maximum absolute atomic E-state index is 13.3. The van der Waals surface area contributed by atoms with Crippen molar-refractivity contribution in [3.63, 3.8) is 0 Å². The molecule has 0 aromatic rings. The molecular formula is C20H24O10. The summed E-state index contributed by atoms with van der Waals surface area (Å²) >= 11 is 0. The van der Waals surface area contributed by atoms with Gasteiger partial charge in [0.25, 0.3) is 0 Å². The molecule has 2 saturated carbocycles. The maximum Gasteiger partial charge on any atom is 0.340 e. The van der Waals surface area contributed by atoms with Crippen LogP contribution in [0.15, 0.2) is 0 Å². The predicted molar refractivity (Wildman–Crippen MR) is 91.9 cm³/mol. The van der Waals surface area contributed by atoms with Gasteiger partial charge in [0.05, 0.1) is 28.8 Å². The minimum absolute atomic E-state index is 0.581. The second kappa shape index (κ2) is 4.85. The summed E-state index contributed by atoms with van der Waals surface area (Å²) in [7, 11) is 0. The zero-order valence-electron chi connectivity index (χ0n) is 16.9. The van der Waals surface area contributed by atoms with Crippen LogP contribution in [0.25, 0.3) is 0 Å². The summed E-state index contributed by atoms with van der Waals surface area (Å²) < 4.78 is 22.7. The standard InChI is InChI=1S/C20H24O10/c1-5-6-8(27-13(5)24)10(22)19-12-7(21)9(17(2,3)4)18(19)11(23)14(25)29-16(18)30-20(6,19)15(26)28-12/h5-12,16,21-23H,1-4H3/t5-,6-,7+,8+,9-,10?,11-,12+,16-,18-,19?,20+/m0/s1. The number of esters is 3. The number of rotatable bonds is 0. The van der Waals surface area contributed by atoms with Gasteiger partial charge in [-0.15, -0.1) is 0 Å². The molecular weight excluding hydrogens is 400 g/mol. The Bertz CT molecular complexity index is 910. The van der Waals surface area contributed by atoms with Gasteiger partial charge in [-0.3, -0.25) is 4.79 Å². The summed E-state index contributed by atoms with van der Waals surface area (Å²) in [6.07, 6.45) is -8.29. The van der Waals surface area contributed by atoms with Crippen molar-refractivity contribution < 1.29 is 48.7 Å². The van der Waals surface area contributed by atoms with Gasteiger partial charge in [0.15, 0.2) is 11.7 Å². The third kappa shape index (κ3) is 1.40. The molecule has 4 aliphatic heterocycles. The Morgan fingerprint density at radius 2 is 1.63 bits per heavy atom. The third-order valence-electron chi connectivity index (χ3n) is 8.76. The second-order valence-electron chi connectivity index (χ2n) is 10.6. The zero-order valence-corrected chi connectivity index (χ0v) is 16.9. The van der Waals surface area contributed by atoms with Gasteiger partial charge in [0.2, 0.25) is 6.29 Å². The molecule has 6 fully saturated rings. The third-order valence-corrected chi connectivity index (χ3v) is 8.76. The van der Waals surface area contributed by atoms with Crippen molar-refractivity contribution in [2.45, 2.75) is 70.1 Å². The van der Waals surface area contributed by atoms with Gasteiger partial charge in [-0.25, -0.2) is 9.59 Å². The average molecular weight is 424 g/mol. The molecule has 6 rings (SSSR count). The number of aliphatic hydroxyl groups excluding tert-OH is 3. The molecule has 10 heteroatoms. The molecule has 2 aliphatic carbocycles. The molecule has 30 heavy (non-hydrogen) atoms. The molecule has 6 aliphatic rings. The first kappa shape index (κ1) is 19.0. The number of fused-ring (bicyclic) bond motifs is 1. The molecule has 0 aromatic carbocycles. The van der Waals surface area contributed by atoms with Gasteiger partial charge in [-0.1, -0.05) is 27.7 Å². The Balaban J connectivity index is 1.71. The minimum atomic E-state index is -1.89. The summed E-state index contributed by atoms with van der Waals surface area (Å²) in [5.74, 6) is -4.90. The van der Waals surface area contributed by atoms with E-state index in [-0.39, 0.29) is 0 Å². The molecule has 2 unspecified atom stereocenters. The fourth-order valence-electron chi connectivity index (χ4n) is 8.28. The van der Waals surface area contributed by atoms with E-state index in [9.17, 15) is 29.7 Å². The smallest absolute Gasteiger partial charge is 0.340 e. The lowest BCUT2D eigenvalue weighted by Gasteiger charge is -2.47. The summed E-state index contributed by atoms with van der Waals surface area (Å²) in [5, 5.41) is 34.2. The van der Waals surface area contributed by atoms with E-state index in [1.807, 2.05) is 20.8 Å². The normalized spacial score (nSPS) is 60.1. The molecule has 4 heterocycles. The van der Waals surface area contributed by atoms with E-state index in [0.717, 1.165) is 0 Å². The van der Waals surface area contributed by atoms with Crippen molar-refractivity contribution in [2.24, 2.45) is 34.0 Å². The first-order chi connectivity index (χ1) is 13.9. The van der Waals surface area contributed by atoms with Crippen LogP contribution in [0.2, 0.25) is 0 Å². The Labute approximate surface area is 171 Å². The summed E-state index contributed by atoms with van der Waals surface area (Å²) in [6, 6.07) is 0. The van der Waals surface area contributed by atoms with Crippen LogP contribution in [0.5, 0.6) is 0 Å². The lowest BCUT2D eigenvalue weighted by Crippen LogP contribution is -2.63. The van der Waals surface area contributed by atoms with Crippen LogP contribution in [0.3, 0.4) is 0 Å². The number of ether oxygens (including phenoxy) is 4. The first-order valence-corrected chi connectivity index (χ1v) is 10.2. The highest BCUT2D eigenvalue weighted by Crippen LogP contribution is 2.83. The fourth-order valence-corrected chi connectivity index (χ4v) is 8.28. The van der Waals surface area contributed by atoms with Crippen LogP contribution in [0.1, 0.15) is 27.7 Å². The molecule has 10 nitrogen and oxygen atoms in total. The predicted octanol–water partition coefficient (Wildman–Crippen LogP) is -1.51. The highest BCUT2D eigenvalue weighted by Gasteiger charge is 3.01. The maximum atomic E-state index is 13.3. The van der Waals surface area contributed by atoms with E-state index in [1.54, 1.807) is 6.92 Å². The van der Waals surface area contributed by atoms with E-state index in [4.69, 9.17) is 18.9 Å². The van der Waals surface area contributed by atoms with Crippen LogP contribution in [-0.4, -0.2) is 75.6 Å². The molecule has 4 saturated heterocycles. The lowest BCUT2D eigenvalue weighted by molar-refractivity contribution is -0.208. The molecule has 164 valence electrons. The summed E-state index contributed by atoms with van der Waals surface area (Å²) in [6.45, 7) is 7.05. The quantitative estimate of drug-likeness (QED) is 0.309. The van der Waals surface area contributed by atoms with Crippen molar-refractivity contribution in [3.8, 4) is 0 Å². The highest BCUT2D eigenvalue weighted by molar-refractivity contribution is 5.92. The van der Waals surface area contributed by atoms with Crippen LogP contribution in [-0.2, 0) is 33.3 Å². The van der Waals surface area contributed by atoms with Crippen molar-refractivity contribution >= 4 is 17.9 Å². The van der Waals surface area contributed by atoms with E-state index in [0.29, 0.717) is 0 Å². The van der Waals surface area contributed by atoms with Crippen molar-refractivity contribution in [1.29, 1.82) is 0 Å². The van der Waals surface area contributed by atoms with Gasteiger partial charge in [0, 0.05) is 5.92 Å². The summed E-state index contributed by atoms with van der Waals surface area (Å²) in [4.78, 5) is 38.2. The number of hydrogen-bond donors (Lipinski definition) is 3. The molecule has 0 aromatic heterocycles. The van der Waals surface area contributed by atoms with Crippen molar-refractivity contribution in [1.82, 2.24) is 0 Å². The SMILES string of the molecule is C[C@@H]1C(=O)O[C@H]2C(O)C34[C@@H]5OC(=O)[C@]3(O[C@@H]3OC(=O)[C@H](O)[C@@]34[C@H](C(C)(C)C)[C@H]5O)[C@@H]12. The fraction of sp³-hybridized carbons (Fsp3) is 0.850. The number of carbonyl (C=O) groups excluding carboxylic acids is 3. The summed E-state index contributed by atoms with van der Waals surface area (Å²) in [5.41, 5.74) is -5.96. The molecule has 0 amide bonds.